The summed E-state index contributed by atoms with van der Waals surface area (Å²) in [4.78, 5) is 13.1. The minimum Gasteiger partial charge on any atom is -0.460 e. The van der Waals surface area contributed by atoms with Gasteiger partial charge in [0.2, 0.25) is 0 Å². The third-order valence-electron chi connectivity index (χ3n) is 8.87. The van der Waals surface area contributed by atoms with Crippen LogP contribution in [-0.2, 0) is 28.2 Å². The van der Waals surface area contributed by atoms with Gasteiger partial charge in [0.05, 0.1) is 22.9 Å². The van der Waals surface area contributed by atoms with Gasteiger partial charge in [0, 0.05) is 12.3 Å². The van der Waals surface area contributed by atoms with E-state index in [-0.39, 0.29) is 47.2 Å². The molecule has 41 heavy (non-hydrogen) atoms. The van der Waals surface area contributed by atoms with E-state index in [2.05, 4.69) is 61.6 Å². The second-order valence-electron chi connectivity index (χ2n) is 14.3. The average Bonchev–Trinajstić information content (AvgIpc) is 2.86. The van der Waals surface area contributed by atoms with Gasteiger partial charge in [0.25, 0.3) is 0 Å². The molecular weight excluding hydrogens is 569 g/mol. The fourth-order valence-corrected chi connectivity index (χ4v) is 11.1. The first-order chi connectivity index (χ1) is 18.6. The Balaban J connectivity index is 3.52. The number of carbonyl (C=O) groups excluding carboxylic acids is 1. The summed E-state index contributed by atoms with van der Waals surface area (Å²) in [5.41, 5.74) is -0.553. The lowest BCUT2D eigenvalue weighted by molar-refractivity contribution is -0.155. The summed E-state index contributed by atoms with van der Waals surface area (Å²) >= 11 is 0. The first-order valence-corrected chi connectivity index (χ1v) is 22.6. The number of esters is 1. The van der Waals surface area contributed by atoms with Gasteiger partial charge in [-0.3, -0.25) is 4.79 Å². The SMILES string of the molecule is CC[Si](CC)(CC)O[C@H](CCC(=O)OC(C)(C)C)[C@@H](C)[C@H](O[Si](C)(C)C(C)(C)C)[C@H](C)CS(=O)(=O)c1ccccc1. The Bertz CT molecular complexity index is 1030. The molecule has 0 fully saturated rings. The Morgan fingerprint density at radius 2 is 1.39 bits per heavy atom. The van der Waals surface area contributed by atoms with E-state index in [9.17, 15) is 13.2 Å². The molecule has 0 unspecified atom stereocenters. The van der Waals surface area contributed by atoms with Crippen LogP contribution in [0.2, 0.25) is 36.3 Å². The highest BCUT2D eigenvalue weighted by Gasteiger charge is 2.45. The topological polar surface area (TPSA) is 78.9 Å². The second-order valence-corrected chi connectivity index (χ2v) is 25.8. The fourth-order valence-electron chi connectivity index (χ4n) is 5.04. The van der Waals surface area contributed by atoms with Gasteiger partial charge in [-0.1, -0.05) is 73.6 Å². The summed E-state index contributed by atoms with van der Waals surface area (Å²) in [5, 5.41) is -0.0510. The van der Waals surface area contributed by atoms with Crippen LogP contribution in [0.15, 0.2) is 35.2 Å². The van der Waals surface area contributed by atoms with E-state index in [1.165, 1.54) is 0 Å². The predicted octanol–water partition coefficient (Wildman–Crippen LogP) is 8.64. The molecule has 0 aromatic heterocycles. The molecule has 0 amide bonds. The van der Waals surface area contributed by atoms with Gasteiger partial charge in [-0.15, -0.1) is 0 Å². The summed E-state index contributed by atoms with van der Waals surface area (Å²) in [7, 11) is -7.86. The number of hydrogen-bond donors (Lipinski definition) is 0. The van der Waals surface area contributed by atoms with Crippen LogP contribution in [0.25, 0.3) is 0 Å². The minimum absolute atomic E-state index is 0.0165. The molecule has 0 aliphatic heterocycles. The summed E-state index contributed by atoms with van der Waals surface area (Å²) in [6, 6.07) is 11.6. The molecule has 0 spiro atoms. The summed E-state index contributed by atoms with van der Waals surface area (Å²) in [5.74, 6) is -0.657. The van der Waals surface area contributed by atoms with Crippen LogP contribution >= 0.6 is 0 Å². The lowest BCUT2D eigenvalue weighted by Gasteiger charge is -2.45. The van der Waals surface area contributed by atoms with Crippen molar-refractivity contribution in [3.05, 3.63) is 30.3 Å². The zero-order valence-corrected chi connectivity index (χ0v) is 31.1. The minimum atomic E-state index is -3.52. The Morgan fingerprint density at radius 1 is 0.878 bits per heavy atom. The Hall–Kier alpha value is -1.01. The Labute approximate surface area is 254 Å². The van der Waals surface area contributed by atoms with Crippen molar-refractivity contribution in [2.45, 2.75) is 148 Å². The van der Waals surface area contributed by atoms with Crippen molar-refractivity contribution < 1.29 is 26.8 Å². The van der Waals surface area contributed by atoms with Crippen molar-refractivity contribution in [3.63, 3.8) is 0 Å². The van der Waals surface area contributed by atoms with Crippen molar-refractivity contribution in [1.29, 1.82) is 0 Å². The monoisotopic (exact) mass is 628 g/mol. The zero-order chi connectivity index (χ0) is 31.9. The molecule has 9 heteroatoms. The van der Waals surface area contributed by atoms with Gasteiger partial charge in [-0.05, 0) is 81.5 Å². The molecule has 1 rings (SSSR count). The molecule has 0 saturated carbocycles. The molecule has 1 aromatic rings. The van der Waals surface area contributed by atoms with Crippen LogP contribution in [0.3, 0.4) is 0 Å². The first-order valence-electron chi connectivity index (χ1n) is 15.5. The van der Waals surface area contributed by atoms with Crippen LogP contribution in [0.5, 0.6) is 0 Å². The predicted molar refractivity (Wildman–Crippen MR) is 176 cm³/mol. The molecule has 0 heterocycles. The van der Waals surface area contributed by atoms with Gasteiger partial charge in [-0.2, -0.15) is 0 Å². The van der Waals surface area contributed by atoms with E-state index < -0.39 is 32.1 Å². The molecule has 0 saturated heterocycles. The average molecular weight is 629 g/mol. The molecule has 0 bridgehead atoms. The highest BCUT2D eigenvalue weighted by Crippen LogP contribution is 2.41. The first kappa shape index (κ1) is 38.0. The normalized spacial score (nSPS) is 16.6. The third kappa shape index (κ3) is 11.5. The van der Waals surface area contributed by atoms with Crippen molar-refractivity contribution in [2.75, 3.05) is 5.75 Å². The molecule has 0 radical (unpaired) electrons. The largest absolute Gasteiger partial charge is 0.460 e. The molecule has 238 valence electrons. The Kier molecular flexibility index (Phi) is 14.0. The number of hydrogen-bond acceptors (Lipinski definition) is 6. The van der Waals surface area contributed by atoms with Crippen LogP contribution in [0.4, 0.5) is 0 Å². The Morgan fingerprint density at radius 3 is 1.83 bits per heavy atom. The quantitative estimate of drug-likeness (QED) is 0.135. The van der Waals surface area contributed by atoms with Crippen LogP contribution in [0.1, 0.15) is 89.0 Å². The van der Waals surface area contributed by atoms with Gasteiger partial charge in [-0.25, -0.2) is 8.42 Å². The van der Waals surface area contributed by atoms with Crippen LogP contribution in [-0.4, -0.2) is 54.6 Å². The molecule has 1 aromatic carbocycles. The molecular formula is C32H60O6SSi2. The van der Waals surface area contributed by atoms with E-state index in [1.807, 2.05) is 33.8 Å². The van der Waals surface area contributed by atoms with E-state index in [4.69, 9.17) is 13.6 Å². The van der Waals surface area contributed by atoms with Crippen molar-refractivity contribution in [2.24, 2.45) is 11.8 Å². The van der Waals surface area contributed by atoms with E-state index in [0.29, 0.717) is 11.3 Å². The van der Waals surface area contributed by atoms with Crippen LogP contribution in [0, 0.1) is 11.8 Å². The number of benzene rings is 1. The van der Waals surface area contributed by atoms with Crippen LogP contribution < -0.4 is 0 Å². The smallest absolute Gasteiger partial charge is 0.306 e. The zero-order valence-electron chi connectivity index (χ0n) is 28.3. The second kappa shape index (κ2) is 15.1. The van der Waals surface area contributed by atoms with E-state index in [1.54, 1.807) is 24.3 Å². The molecule has 4 atom stereocenters. The maximum absolute atomic E-state index is 13.5. The number of carbonyl (C=O) groups is 1. The van der Waals surface area contributed by atoms with Crippen molar-refractivity contribution in [1.82, 2.24) is 0 Å². The summed E-state index contributed by atoms with van der Waals surface area (Å²) in [6.45, 7) is 27.4. The lowest BCUT2D eigenvalue weighted by atomic mass is 9.88. The van der Waals surface area contributed by atoms with E-state index >= 15 is 0 Å². The third-order valence-corrected chi connectivity index (χ3v) is 20.0. The standard InChI is InChI=1S/C32H60O6SSi2/c1-14-41(15-2,16-3)37-28(22-23-29(33)36-31(6,7)8)26(5)30(38-40(12,13)32(9,10)11)25(4)24-39(34,35)27-20-18-17-19-21-27/h17-21,25-26,28,30H,14-16,22-24H2,1-13H3/t25-,26-,28-,30-/m1/s1. The summed E-state index contributed by atoms with van der Waals surface area (Å²) in [6.07, 6.45) is 0.165. The van der Waals surface area contributed by atoms with Crippen molar-refractivity contribution >= 4 is 32.4 Å². The summed E-state index contributed by atoms with van der Waals surface area (Å²) < 4.78 is 46.8. The molecule has 0 aliphatic carbocycles. The molecule has 6 nitrogen and oxygen atoms in total. The van der Waals surface area contributed by atoms with Gasteiger partial charge in [0.15, 0.2) is 26.5 Å². The maximum atomic E-state index is 13.5. The lowest BCUT2D eigenvalue weighted by Crippen LogP contribution is -2.52. The highest BCUT2D eigenvalue weighted by atomic mass is 32.2. The molecule has 0 aliphatic rings. The highest BCUT2D eigenvalue weighted by molar-refractivity contribution is 7.91. The number of sulfone groups is 1. The van der Waals surface area contributed by atoms with Gasteiger partial charge in [0.1, 0.15) is 5.60 Å². The van der Waals surface area contributed by atoms with E-state index in [0.717, 1.165) is 18.1 Å². The maximum Gasteiger partial charge on any atom is 0.306 e. The number of ether oxygens (including phenoxy) is 1. The fraction of sp³-hybridized carbons (Fsp3) is 0.781. The van der Waals surface area contributed by atoms with Gasteiger partial charge >= 0.3 is 5.97 Å². The molecule has 0 N–H and O–H groups in total. The number of rotatable bonds is 16. The van der Waals surface area contributed by atoms with Gasteiger partial charge < -0.3 is 13.6 Å². The van der Waals surface area contributed by atoms with Crippen molar-refractivity contribution in [3.8, 4) is 0 Å².